The molecule has 0 aliphatic carbocycles. The second-order valence-corrected chi connectivity index (χ2v) is 5.26. The average Bonchev–Trinajstić information content (AvgIpc) is 2.90. The van der Waals surface area contributed by atoms with Gasteiger partial charge in [0.15, 0.2) is 0 Å². The lowest BCUT2D eigenvalue weighted by atomic mass is 9.97. The summed E-state index contributed by atoms with van der Waals surface area (Å²) in [5.74, 6) is 0. The Labute approximate surface area is 120 Å². The third-order valence-electron chi connectivity index (χ3n) is 3.75. The van der Waals surface area contributed by atoms with E-state index in [1.165, 1.54) is 28.0 Å². The minimum Gasteiger partial charge on any atom is -0.378 e. The Balaban J connectivity index is 2.03. The van der Waals surface area contributed by atoms with E-state index in [1.54, 1.807) is 0 Å². The van der Waals surface area contributed by atoms with Crippen molar-refractivity contribution in [3.05, 3.63) is 59.7 Å². The number of aliphatic imine (C=N–C) groups is 1. The van der Waals surface area contributed by atoms with Gasteiger partial charge in [-0.25, -0.2) is 0 Å². The molecule has 2 heteroatoms. The summed E-state index contributed by atoms with van der Waals surface area (Å²) in [6.45, 7) is 2.16. The Kier molecular flexibility index (Phi) is 3.15. The molecule has 0 radical (unpaired) electrons. The van der Waals surface area contributed by atoms with Crippen LogP contribution in [0.2, 0.25) is 0 Å². The number of hydrogen-bond donors (Lipinski definition) is 0. The number of allylic oxidation sites excluding steroid dienone is 2. The molecule has 2 nitrogen and oxygen atoms in total. The first-order valence-corrected chi connectivity index (χ1v) is 6.79. The summed E-state index contributed by atoms with van der Waals surface area (Å²) in [5, 5.41) is 0. The van der Waals surface area contributed by atoms with Crippen LogP contribution in [-0.2, 0) is 0 Å². The van der Waals surface area contributed by atoms with Crippen LogP contribution in [0.25, 0.3) is 11.1 Å². The van der Waals surface area contributed by atoms with E-state index in [0.29, 0.717) is 0 Å². The van der Waals surface area contributed by atoms with Crippen LogP contribution in [0.3, 0.4) is 0 Å². The Hall–Kier alpha value is -2.35. The van der Waals surface area contributed by atoms with E-state index >= 15 is 0 Å². The van der Waals surface area contributed by atoms with Gasteiger partial charge in [0.25, 0.3) is 0 Å². The van der Waals surface area contributed by atoms with Gasteiger partial charge in [0, 0.05) is 37.1 Å². The van der Waals surface area contributed by atoms with Crippen LogP contribution in [0.4, 0.5) is 11.4 Å². The lowest BCUT2D eigenvalue weighted by Crippen LogP contribution is -2.08. The van der Waals surface area contributed by atoms with Gasteiger partial charge in [-0.3, -0.25) is 4.99 Å². The largest absolute Gasteiger partial charge is 0.378 e. The molecule has 0 fully saturated rings. The minimum absolute atomic E-state index is 1.06. The van der Waals surface area contributed by atoms with Crippen molar-refractivity contribution in [2.24, 2.45) is 4.99 Å². The predicted octanol–water partition coefficient (Wildman–Crippen LogP) is 4.40. The third-order valence-corrected chi connectivity index (χ3v) is 3.75. The van der Waals surface area contributed by atoms with Gasteiger partial charge in [-0.2, -0.15) is 0 Å². The smallest absolute Gasteiger partial charge is 0.0708 e. The van der Waals surface area contributed by atoms with Crippen molar-refractivity contribution in [1.29, 1.82) is 0 Å². The maximum absolute atomic E-state index is 4.48. The lowest BCUT2D eigenvalue weighted by molar-refractivity contribution is 1.13. The average molecular weight is 262 g/mol. The SMILES string of the molecule is C/C(=C1/C=Nc2ccccc21)c1ccc(N(C)C)cc1. The number of rotatable bonds is 2. The number of anilines is 1. The van der Waals surface area contributed by atoms with Crippen LogP contribution < -0.4 is 4.90 Å². The molecule has 3 rings (SSSR count). The zero-order valence-corrected chi connectivity index (χ0v) is 12.1. The third kappa shape index (κ3) is 2.14. The fourth-order valence-electron chi connectivity index (χ4n) is 2.48. The Morgan fingerprint density at radius 3 is 2.35 bits per heavy atom. The molecule has 1 aliphatic rings. The Morgan fingerprint density at radius 1 is 0.950 bits per heavy atom. The first-order chi connectivity index (χ1) is 9.66. The second-order valence-electron chi connectivity index (χ2n) is 5.26. The molecule has 0 saturated heterocycles. The molecule has 1 aliphatic heterocycles. The number of fused-ring (bicyclic) bond motifs is 1. The summed E-state index contributed by atoms with van der Waals surface area (Å²) in [5.41, 5.74) is 7.23. The molecule has 0 atom stereocenters. The van der Waals surface area contributed by atoms with Gasteiger partial charge in [-0.15, -0.1) is 0 Å². The Morgan fingerprint density at radius 2 is 1.65 bits per heavy atom. The second kappa shape index (κ2) is 4.97. The highest BCUT2D eigenvalue weighted by Gasteiger charge is 2.14. The van der Waals surface area contributed by atoms with E-state index in [9.17, 15) is 0 Å². The van der Waals surface area contributed by atoms with Crippen molar-refractivity contribution in [3.8, 4) is 0 Å². The molecule has 100 valence electrons. The zero-order chi connectivity index (χ0) is 14.1. The molecular weight excluding hydrogens is 244 g/mol. The summed E-state index contributed by atoms with van der Waals surface area (Å²) in [7, 11) is 4.11. The maximum atomic E-state index is 4.48. The van der Waals surface area contributed by atoms with Gasteiger partial charge in [-0.1, -0.05) is 30.3 Å². The van der Waals surface area contributed by atoms with E-state index in [2.05, 4.69) is 73.4 Å². The molecule has 0 spiro atoms. The van der Waals surface area contributed by atoms with Crippen LogP contribution in [0.1, 0.15) is 18.1 Å². The number of benzene rings is 2. The van der Waals surface area contributed by atoms with E-state index in [0.717, 1.165) is 5.69 Å². The molecule has 0 bridgehead atoms. The number of nitrogens with zero attached hydrogens (tertiary/aromatic N) is 2. The molecule has 0 aromatic heterocycles. The normalized spacial score (nSPS) is 15.2. The highest BCUT2D eigenvalue weighted by atomic mass is 15.1. The van der Waals surface area contributed by atoms with Gasteiger partial charge < -0.3 is 4.90 Å². The molecule has 0 amide bonds. The molecule has 0 saturated carbocycles. The quantitative estimate of drug-likeness (QED) is 0.783. The summed E-state index contributed by atoms with van der Waals surface area (Å²) in [4.78, 5) is 6.59. The van der Waals surface area contributed by atoms with Gasteiger partial charge >= 0.3 is 0 Å². The summed E-state index contributed by atoms with van der Waals surface area (Å²) in [6.07, 6.45) is 1.97. The van der Waals surface area contributed by atoms with Crippen LogP contribution in [0, 0.1) is 0 Å². The van der Waals surface area contributed by atoms with Crippen molar-refractivity contribution in [2.45, 2.75) is 6.92 Å². The van der Waals surface area contributed by atoms with Crippen LogP contribution in [-0.4, -0.2) is 20.3 Å². The van der Waals surface area contributed by atoms with Crippen LogP contribution in [0.5, 0.6) is 0 Å². The van der Waals surface area contributed by atoms with Crippen molar-refractivity contribution in [1.82, 2.24) is 0 Å². The fraction of sp³-hybridized carbons (Fsp3) is 0.167. The van der Waals surface area contributed by atoms with Crippen molar-refractivity contribution < 1.29 is 0 Å². The summed E-state index contributed by atoms with van der Waals surface area (Å²) >= 11 is 0. The summed E-state index contributed by atoms with van der Waals surface area (Å²) in [6, 6.07) is 16.9. The molecule has 20 heavy (non-hydrogen) atoms. The minimum atomic E-state index is 1.06. The molecule has 1 heterocycles. The molecular formula is C18H18N2. The fourth-order valence-corrected chi connectivity index (χ4v) is 2.48. The number of hydrogen-bond acceptors (Lipinski definition) is 2. The summed E-state index contributed by atoms with van der Waals surface area (Å²) < 4.78 is 0. The van der Waals surface area contributed by atoms with Crippen molar-refractivity contribution in [3.63, 3.8) is 0 Å². The first kappa shape index (κ1) is 12.7. The maximum Gasteiger partial charge on any atom is 0.0708 e. The van der Waals surface area contributed by atoms with E-state index in [-0.39, 0.29) is 0 Å². The topological polar surface area (TPSA) is 15.6 Å². The van der Waals surface area contributed by atoms with Crippen molar-refractivity contribution >= 4 is 28.7 Å². The van der Waals surface area contributed by atoms with Crippen molar-refractivity contribution in [2.75, 3.05) is 19.0 Å². The van der Waals surface area contributed by atoms with E-state index < -0.39 is 0 Å². The molecule has 2 aromatic carbocycles. The lowest BCUT2D eigenvalue weighted by Gasteiger charge is -2.13. The molecule has 0 N–H and O–H groups in total. The highest BCUT2D eigenvalue weighted by molar-refractivity contribution is 6.24. The van der Waals surface area contributed by atoms with Gasteiger partial charge in [0.1, 0.15) is 0 Å². The highest BCUT2D eigenvalue weighted by Crippen LogP contribution is 2.35. The van der Waals surface area contributed by atoms with Crippen LogP contribution in [0.15, 0.2) is 53.5 Å². The van der Waals surface area contributed by atoms with Gasteiger partial charge in [-0.05, 0) is 36.3 Å². The first-order valence-electron chi connectivity index (χ1n) is 6.79. The van der Waals surface area contributed by atoms with E-state index in [4.69, 9.17) is 0 Å². The zero-order valence-electron chi connectivity index (χ0n) is 12.1. The number of para-hydroxylation sites is 1. The predicted molar refractivity (Wildman–Crippen MR) is 87.9 cm³/mol. The Bertz CT molecular complexity index is 692. The van der Waals surface area contributed by atoms with E-state index in [1.807, 2.05) is 12.3 Å². The van der Waals surface area contributed by atoms with Crippen LogP contribution >= 0.6 is 0 Å². The standard InChI is InChI=1S/C18H18N2/c1-13(14-8-10-15(11-9-14)20(2)3)17-12-19-18-7-5-4-6-16(17)18/h4-12H,1-3H3/b17-13+. The monoisotopic (exact) mass is 262 g/mol. The van der Waals surface area contributed by atoms with Gasteiger partial charge in [0.05, 0.1) is 5.69 Å². The van der Waals surface area contributed by atoms with Gasteiger partial charge in [0.2, 0.25) is 0 Å². The molecule has 0 unspecified atom stereocenters. The molecule has 2 aromatic rings.